The fourth-order valence-corrected chi connectivity index (χ4v) is 30.6. The van der Waals surface area contributed by atoms with E-state index < -0.39 is 21.7 Å². The summed E-state index contributed by atoms with van der Waals surface area (Å²) in [5.41, 5.74) is 6.93. The second kappa shape index (κ2) is 11.7. The Hall–Kier alpha value is -0.516. The van der Waals surface area contributed by atoms with E-state index in [-0.39, 0.29) is 10.8 Å². The lowest BCUT2D eigenvalue weighted by Gasteiger charge is -2.59. The van der Waals surface area contributed by atoms with Crippen molar-refractivity contribution in [2.75, 3.05) is 0 Å². The van der Waals surface area contributed by atoms with Crippen LogP contribution >= 0.6 is 0 Å². The molecule has 1 spiro atoms. The standard InChI is InChI=1S/C39H69OSi2/c1-26(2)41(27(3)4,28(5)6)34-22-35(32-18-16-15-17-19-32)38(24-34)21-20-33-23-37(13,14)36(25-39(33,38)40)42(29(7)8,30(9)10)31(11)12/h15-19,26-31,34-36,40H,20-25H2,1-14H3/q+1/t34-,35-,36-,38+,39-/m0/s1. The monoisotopic (exact) mass is 609 g/mol. The minimum absolute atomic E-state index is 0.0227. The van der Waals surface area contributed by atoms with Gasteiger partial charge in [-0.3, -0.25) is 0 Å². The SMILES string of the molecule is CC(C)[Si](C(C)C)(C(C)C)[C@H]1C[C@@H](c2ccccc2)[C@@]2(CC[C+]3CC(C)(C)[C@@H]([Si](C(C)C)(C(C)C)C(C)C)C[C@]32O)C1. The van der Waals surface area contributed by atoms with Crippen molar-refractivity contribution >= 4 is 16.1 Å². The third kappa shape index (κ3) is 4.70. The fraction of sp³-hybridized carbons (Fsp3) is 0.821. The quantitative estimate of drug-likeness (QED) is 0.218. The molecular weight excluding hydrogens is 541 g/mol. The average molecular weight is 610 g/mol. The van der Waals surface area contributed by atoms with Gasteiger partial charge in [-0.2, -0.15) is 0 Å². The maximum Gasteiger partial charge on any atom is 0.213 e. The molecule has 5 atom stereocenters. The molecule has 0 unspecified atom stereocenters. The Morgan fingerprint density at radius 2 is 1.19 bits per heavy atom. The Morgan fingerprint density at radius 1 is 0.714 bits per heavy atom. The van der Waals surface area contributed by atoms with Crippen LogP contribution in [0.3, 0.4) is 0 Å². The van der Waals surface area contributed by atoms with Gasteiger partial charge in [0.1, 0.15) is 5.92 Å². The van der Waals surface area contributed by atoms with Gasteiger partial charge in [0.25, 0.3) is 0 Å². The van der Waals surface area contributed by atoms with Crippen molar-refractivity contribution < 1.29 is 5.11 Å². The minimum Gasteiger partial charge on any atom is -0.350 e. The normalized spacial score (nSPS) is 32.0. The lowest BCUT2D eigenvalue weighted by Crippen LogP contribution is -2.62. The van der Waals surface area contributed by atoms with E-state index in [1.807, 2.05) is 0 Å². The number of benzene rings is 1. The number of rotatable bonds is 9. The molecule has 1 aromatic carbocycles. The van der Waals surface area contributed by atoms with Gasteiger partial charge in [-0.25, -0.2) is 0 Å². The maximum absolute atomic E-state index is 13.7. The summed E-state index contributed by atoms with van der Waals surface area (Å²) in [5, 5.41) is 13.7. The zero-order chi connectivity index (χ0) is 31.6. The molecule has 4 rings (SSSR count). The summed E-state index contributed by atoms with van der Waals surface area (Å²) in [6.45, 7) is 35.8. The fourth-order valence-electron chi connectivity index (χ4n) is 13.9. The lowest BCUT2D eigenvalue weighted by molar-refractivity contribution is -0.0884. The summed E-state index contributed by atoms with van der Waals surface area (Å²) in [5.74, 6) is 2.00. The Kier molecular flexibility index (Phi) is 9.56. The first kappa shape index (κ1) is 34.4. The molecule has 0 aliphatic heterocycles. The van der Waals surface area contributed by atoms with Gasteiger partial charge in [-0.15, -0.1) is 0 Å². The van der Waals surface area contributed by atoms with Crippen LogP contribution in [0, 0.1) is 16.7 Å². The Bertz CT molecular complexity index is 1010. The summed E-state index contributed by atoms with van der Waals surface area (Å²) < 4.78 is 0. The molecule has 3 aliphatic rings. The summed E-state index contributed by atoms with van der Waals surface area (Å²) >= 11 is 0. The van der Waals surface area contributed by atoms with E-state index in [0.29, 0.717) is 28.1 Å². The molecule has 0 radical (unpaired) electrons. The number of aliphatic hydroxyl groups is 1. The number of hydrogen-bond acceptors (Lipinski definition) is 1. The largest absolute Gasteiger partial charge is 0.350 e. The van der Waals surface area contributed by atoms with Gasteiger partial charge in [0.15, 0.2) is 0 Å². The molecule has 3 aliphatic carbocycles. The molecule has 0 heterocycles. The predicted octanol–water partition coefficient (Wildman–Crippen LogP) is 12.6. The summed E-state index contributed by atoms with van der Waals surface area (Å²) in [7, 11) is -3.51. The van der Waals surface area contributed by atoms with E-state index in [1.54, 1.807) is 0 Å². The molecule has 238 valence electrons. The third-order valence-electron chi connectivity index (χ3n) is 14.7. The van der Waals surface area contributed by atoms with Crippen molar-refractivity contribution in [2.24, 2.45) is 10.8 Å². The Balaban J connectivity index is 1.93. The van der Waals surface area contributed by atoms with Crippen LogP contribution in [0.1, 0.15) is 147 Å². The van der Waals surface area contributed by atoms with E-state index in [4.69, 9.17) is 0 Å². The van der Waals surface area contributed by atoms with Crippen LogP contribution in [0.15, 0.2) is 30.3 Å². The van der Waals surface area contributed by atoms with Crippen LogP contribution in [0.4, 0.5) is 0 Å². The van der Waals surface area contributed by atoms with Gasteiger partial charge in [-0.1, -0.05) is 161 Å². The summed E-state index contributed by atoms with van der Waals surface area (Å²) in [6.07, 6.45) is 7.02. The Morgan fingerprint density at radius 3 is 1.64 bits per heavy atom. The summed E-state index contributed by atoms with van der Waals surface area (Å²) in [4.78, 5) is 0. The van der Waals surface area contributed by atoms with Crippen LogP contribution in [-0.4, -0.2) is 26.9 Å². The van der Waals surface area contributed by atoms with Crippen molar-refractivity contribution in [3.63, 3.8) is 0 Å². The third-order valence-corrected chi connectivity index (χ3v) is 30.8. The molecule has 3 fully saturated rings. The molecule has 1 nitrogen and oxygen atoms in total. The second-order valence-corrected chi connectivity index (χ2v) is 30.5. The molecule has 1 aromatic rings. The smallest absolute Gasteiger partial charge is 0.213 e. The van der Waals surface area contributed by atoms with Gasteiger partial charge in [0.2, 0.25) is 5.60 Å². The van der Waals surface area contributed by atoms with Crippen LogP contribution < -0.4 is 0 Å². The molecule has 1 N–H and O–H groups in total. The van der Waals surface area contributed by atoms with Crippen molar-refractivity contribution in [3.8, 4) is 0 Å². The first-order valence-corrected chi connectivity index (χ1v) is 22.6. The second-order valence-electron chi connectivity index (χ2n) is 18.1. The van der Waals surface area contributed by atoms with E-state index in [0.717, 1.165) is 41.4 Å². The van der Waals surface area contributed by atoms with Crippen molar-refractivity contribution in [2.45, 2.75) is 191 Å². The van der Waals surface area contributed by atoms with E-state index in [2.05, 4.69) is 127 Å². The summed E-state index contributed by atoms with van der Waals surface area (Å²) in [6, 6.07) is 11.5. The number of fused-ring (bicyclic) bond motifs is 2. The van der Waals surface area contributed by atoms with Crippen molar-refractivity contribution in [1.82, 2.24) is 0 Å². The van der Waals surface area contributed by atoms with Crippen LogP contribution in [-0.2, 0) is 0 Å². The molecule has 3 saturated carbocycles. The average Bonchev–Trinajstić information content (AvgIpc) is 3.38. The highest BCUT2D eigenvalue weighted by Gasteiger charge is 2.78. The topological polar surface area (TPSA) is 20.2 Å². The molecule has 3 heteroatoms. The van der Waals surface area contributed by atoms with Crippen molar-refractivity contribution in [1.29, 1.82) is 0 Å². The molecule has 0 aromatic heterocycles. The van der Waals surface area contributed by atoms with Gasteiger partial charge in [0, 0.05) is 18.3 Å². The first-order valence-electron chi connectivity index (χ1n) is 18.0. The first-order chi connectivity index (χ1) is 19.4. The molecule has 0 saturated heterocycles. The van der Waals surface area contributed by atoms with Crippen LogP contribution in [0.25, 0.3) is 0 Å². The highest BCUT2D eigenvalue weighted by atomic mass is 28.3. The van der Waals surface area contributed by atoms with Gasteiger partial charge in [-0.05, 0) is 35.4 Å². The van der Waals surface area contributed by atoms with Crippen LogP contribution in [0.2, 0.25) is 44.3 Å². The van der Waals surface area contributed by atoms with Gasteiger partial charge >= 0.3 is 0 Å². The van der Waals surface area contributed by atoms with Gasteiger partial charge < -0.3 is 5.11 Å². The van der Waals surface area contributed by atoms with Gasteiger partial charge in [0.05, 0.1) is 34.4 Å². The van der Waals surface area contributed by atoms with E-state index in [9.17, 15) is 5.11 Å². The van der Waals surface area contributed by atoms with E-state index in [1.165, 1.54) is 30.7 Å². The zero-order valence-electron chi connectivity index (χ0n) is 30.3. The van der Waals surface area contributed by atoms with E-state index >= 15 is 0 Å². The maximum atomic E-state index is 13.7. The van der Waals surface area contributed by atoms with Crippen molar-refractivity contribution in [3.05, 3.63) is 41.8 Å². The molecule has 0 amide bonds. The minimum atomic E-state index is -1.81. The lowest BCUT2D eigenvalue weighted by atomic mass is 9.56. The number of hydrogen-bond donors (Lipinski definition) is 1. The zero-order valence-corrected chi connectivity index (χ0v) is 32.3. The van der Waals surface area contributed by atoms with Crippen LogP contribution in [0.5, 0.6) is 0 Å². The molecule has 0 bridgehead atoms. The highest BCUT2D eigenvalue weighted by Crippen LogP contribution is 2.77. The Labute approximate surface area is 264 Å². The molecule has 42 heavy (non-hydrogen) atoms. The highest BCUT2D eigenvalue weighted by molar-refractivity contribution is 6.85. The molecular formula is C39H69OSi2+. The predicted molar refractivity (Wildman–Crippen MR) is 191 cm³/mol.